The molecule has 2 aromatic carbocycles. The van der Waals surface area contributed by atoms with Gasteiger partial charge in [-0.25, -0.2) is 4.39 Å². The van der Waals surface area contributed by atoms with Crippen LogP contribution in [0.4, 0.5) is 4.39 Å². The number of hydrogen-bond acceptors (Lipinski definition) is 3. The standard InChI is InChI=1S/C20H22BrFN2O/c1-3-24-12-11-23-20(24)17-5-4-6-18(22)16(17)9-7-14-13-15(21)8-10-19(14)25-2/h4-6,8,10,13H,3,7,9,11-12H2,1-2H3. The van der Waals surface area contributed by atoms with Gasteiger partial charge in [0.1, 0.15) is 17.4 Å². The highest BCUT2D eigenvalue weighted by molar-refractivity contribution is 9.10. The van der Waals surface area contributed by atoms with Gasteiger partial charge >= 0.3 is 0 Å². The first-order valence-electron chi connectivity index (χ1n) is 8.53. The molecule has 0 spiro atoms. The molecule has 2 aromatic rings. The molecule has 25 heavy (non-hydrogen) atoms. The van der Waals surface area contributed by atoms with Gasteiger partial charge in [0.05, 0.1) is 13.7 Å². The molecule has 0 N–H and O–H groups in total. The van der Waals surface area contributed by atoms with E-state index in [0.29, 0.717) is 12.8 Å². The second kappa shape index (κ2) is 8.00. The molecule has 0 unspecified atom stereocenters. The Bertz CT molecular complexity index is 791. The average Bonchev–Trinajstić information content (AvgIpc) is 3.09. The smallest absolute Gasteiger partial charge is 0.131 e. The summed E-state index contributed by atoms with van der Waals surface area (Å²) in [6.07, 6.45) is 1.31. The molecule has 3 rings (SSSR count). The Morgan fingerprint density at radius 3 is 2.84 bits per heavy atom. The van der Waals surface area contributed by atoms with Gasteiger partial charge in [-0.15, -0.1) is 0 Å². The van der Waals surface area contributed by atoms with E-state index < -0.39 is 0 Å². The molecule has 0 radical (unpaired) electrons. The van der Waals surface area contributed by atoms with Gasteiger partial charge in [0, 0.05) is 23.1 Å². The molecule has 1 aliphatic heterocycles. The van der Waals surface area contributed by atoms with Crippen LogP contribution in [0.3, 0.4) is 0 Å². The number of ether oxygens (including phenoxy) is 1. The van der Waals surface area contributed by atoms with E-state index >= 15 is 0 Å². The first kappa shape index (κ1) is 17.9. The van der Waals surface area contributed by atoms with E-state index in [4.69, 9.17) is 4.74 Å². The third-order valence-corrected chi connectivity index (χ3v) is 5.05. The maximum atomic E-state index is 14.6. The SMILES string of the molecule is CCN1CCN=C1c1cccc(F)c1CCc1cc(Br)ccc1OC. The highest BCUT2D eigenvalue weighted by atomic mass is 79.9. The van der Waals surface area contributed by atoms with Crippen LogP contribution in [0.5, 0.6) is 5.75 Å². The summed E-state index contributed by atoms with van der Waals surface area (Å²) in [5, 5.41) is 0. The van der Waals surface area contributed by atoms with Gasteiger partial charge in [0.25, 0.3) is 0 Å². The lowest BCUT2D eigenvalue weighted by Crippen LogP contribution is -2.29. The number of halogens is 2. The fraction of sp³-hybridized carbons (Fsp3) is 0.350. The quantitative estimate of drug-likeness (QED) is 0.709. The summed E-state index contributed by atoms with van der Waals surface area (Å²) in [5.74, 6) is 1.57. The maximum absolute atomic E-state index is 14.6. The van der Waals surface area contributed by atoms with Crippen LogP contribution < -0.4 is 4.74 Å². The zero-order valence-electron chi connectivity index (χ0n) is 14.6. The number of nitrogens with zero attached hydrogens (tertiary/aromatic N) is 2. The summed E-state index contributed by atoms with van der Waals surface area (Å²) >= 11 is 3.50. The van der Waals surface area contributed by atoms with Gasteiger partial charge in [-0.05, 0) is 55.2 Å². The van der Waals surface area contributed by atoms with Crippen LogP contribution in [-0.4, -0.2) is 37.5 Å². The van der Waals surface area contributed by atoms with Crippen molar-refractivity contribution in [1.29, 1.82) is 0 Å². The van der Waals surface area contributed by atoms with E-state index in [1.807, 2.05) is 24.3 Å². The highest BCUT2D eigenvalue weighted by Crippen LogP contribution is 2.26. The lowest BCUT2D eigenvalue weighted by Gasteiger charge is -2.20. The zero-order valence-corrected chi connectivity index (χ0v) is 16.1. The molecule has 0 atom stereocenters. The van der Waals surface area contributed by atoms with Gasteiger partial charge in [-0.2, -0.15) is 0 Å². The molecule has 0 saturated carbocycles. The molecule has 0 bridgehead atoms. The van der Waals surface area contributed by atoms with Crippen molar-refractivity contribution in [3.63, 3.8) is 0 Å². The van der Waals surface area contributed by atoms with Crippen molar-refractivity contribution >= 4 is 21.8 Å². The minimum atomic E-state index is -0.169. The average molecular weight is 405 g/mol. The summed E-state index contributed by atoms with van der Waals surface area (Å²) in [5.41, 5.74) is 2.70. The Kier molecular flexibility index (Phi) is 5.74. The van der Waals surface area contributed by atoms with Gasteiger partial charge in [0.2, 0.25) is 0 Å². The fourth-order valence-electron chi connectivity index (χ4n) is 3.27. The third kappa shape index (κ3) is 3.87. The molecule has 0 aromatic heterocycles. The lowest BCUT2D eigenvalue weighted by atomic mass is 9.97. The van der Waals surface area contributed by atoms with Crippen molar-refractivity contribution in [2.24, 2.45) is 4.99 Å². The first-order valence-corrected chi connectivity index (χ1v) is 9.33. The van der Waals surface area contributed by atoms with E-state index in [9.17, 15) is 4.39 Å². The first-order chi connectivity index (χ1) is 12.1. The van der Waals surface area contributed by atoms with Crippen molar-refractivity contribution < 1.29 is 9.13 Å². The number of aryl methyl sites for hydroxylation is 1. The third-order valence-electron chi connectivity index (χ3n) is 4.56. The van der Waals surface area contributed by atoms with Crippen LogP contribution in [0.15, 0.2) is 45.9 Å². The number of hydrogen-bond donors (Lipinski definition) is 0. The second-order valence-electron chi connectivity index (χ2n) is 6.01. The predicted octanol–water partition coefficient (Wildman–Crippen LogP) is 4.46. The van der Waals surface area contributed by atoms with Crippen LogP contribution in [0, 0.1) is 5.82 Å². The molecule has 132 valence electrons. The Balaban J connectivity index is 1.90. The molecule has 3 nitrogen and oxygen atoms in total. The second-order valence-corrected chi connectivity index (χ2v) is 6.92. The van der Waals surface area contributed by atoms with Gasteiger partial charge in [0.15, 0.2) is 0 Å². The number of likely N-dealkylation sites (N-methyl/N-ethyl adjacent to an activating group) is 1. The van der Waals surface area contributed by atoms with Crippen LogP contribution in [-0.2, 0) is 12.8 Å². The largest absolute Gasteiger partial charge is 0.496 e. The lowest BCUT2D eigenvalue weighted by molar-refractivity contribution is 0.409. The fourth-order valence-corrected chi connectivity index (χ4v) is 3.68. The normalized spacial score (nSPS) is 13.9. The Morgan fingerprint density at radius 2 is 2.08 bits per heavy atom. The van der Waals surface area contributed by atoms with Crippen molar-refractivity contribution in [2.45, 2.75) is 19.8 Å². The number of amidine groups is 1. The highest BCUT2D eigenvalue weighted by Gasteiger charge is 2.21. The van der Waals surface area contributed by atoms with Crippen LogP contribution in [0.25, 0.3) is 0 Å². The summed E-state index contributed by atoms with van der Waals surface area (Å²) in [7, 11) is 1.66. The van der Waals surface area contributed by atoms with E-state index in [0.717, 1.165) is 52.4 Å². The molecular weight excluding hydrogens is 383 g/mol. The number of methoxy groups -OCH3 is 1. The molecule has 5 heteroatoms. The number of rotatable bonds is 6. The summed E-state index contributed by atoms with van der Waals surface area (Å²) in [4.78, 5) is 6.81. The summed E-state index contributed by atoms with van der Waals surface area (Å²) < 4.78 is 21.0. The zero-order chi connectivity index (χ0) is 17.8. The van der Waals surface area contributed by atoms with Crippen molar-refractivity contribution in [3.05, 3.63) is 63.4 Å². The topological polar surface area (TPSA) is 24.8 Å². The van der Waals surface area contributed by atoms with Gasteiger partial charge in [-0.3, -0.25) is 4.99 Å². The molecule has 1 aliphatic rings. The number of benzene rings is 2. The van der Waals surface area contributed by atoms with E-state index in [1.54, 1.807) is 13.2 Å². The molecular formula is C20H22BrFN2O. The summed E-state index contributed by atoms with van der Waals surface area (Å²) in [6, 6.07) is 11.2. The van der Waals surface area contributed by atoms with Crippen molar-refractivity contribution in [2.75, 3.05) is 26.7 Å². The molecule has 0 amide bonds. The summed E-state index contributed by atoms with van der Waals surface area (Å²) in [6.45, 7) is 4.67. The Labute approximate surface area is 156 Å². The van der Waals surface area contributed by atoms with Gasteiger partial charge < -0.3 is 9.64 Å². The van der Waals surface area contributed by atoms with E-state index in [-0.39, 0.29) is 5.82 Å². The predicted molar refractivity (Wildman–Crippen MR) is 103 cm³/mol. The van der Waals surface area contributed by atoms with E-state index in [1.165, 1.54) is 6.07 Å². The Morgan fingerprint density at radius 1 is 1.24 bits per heavy atom. The maximum Gasteiger partial charge on any atom is 0.131 e. The minimum Gasteiger partial charge on any atom is -0.496 e. The van der Waals surface area contributed by atoms with Crippen LogP contribution in [0.1, 0.15) is 23.6 Å². The monoisotopic (exact) mass is 404 g/mol. The molecule has 0 saturated heterocycles. The number of aliphatic imine (C=N–C) groups is 1. The van der Waals surface area contributed by atoms with Crippen LogP contribution in [0.2, 0.25) is 0 Å². The van der Waals surface area contributed by atoms with Crippen LogP contribution >= 0.6 is 15.9 Å². The molecule has 0 fully saturated rings. The van der Waals surface area contributed by atoms with Crippen molar-refractivity contribution in [1.82, 2.24) is 4.90 Å². The Hall–Kier alpha value is -1.88. The van der Waals surface area contributed by atoms with Crippen molar-refractivity contribution in [3.8, 4) is 5.75 Å². The minimum absolute atomic E-state index is 0.169. The van der Waals surface area contributed by atoms with E-state index in [2.05, 4.69) is 32.7 Å². The molecule has 1 heterocycles. The van der Waals surface area contributed by atoms with Gasteiger partial charge in [-0.1, -0.05) is 28.1 Å². The molecule has 0 aliphatic carbocycles.